The van der Waals surface area contributed by atoms with Gasteiger partial charge in [0.15, 0.2) is 0 Å². The van der Waals surface area contributed by atoms with E-state index in [1.807, 2.05) is 0 Å². The summed E-state index contributed by atoms with van der Waals surface area (Å²) in [4.78, 5) is 0. The average molecular weight is 316 g/mol. The molecule has 0 bridgehead atoms. The maximum Gasteiger partial charge on any atom is 0.0834 e. The lowest BCUT2D eigenvalue weighted by Gasteiger charge is -2.28. The largest absolute Gasteiger partial charge is 0.309 e. The van der Waals surface area contributed by atoms with Crippen LogP contribution in [0.4, 0.5) is 0 Å². The van der Waals surface area contributed by atoms with E-state index >= 15 is 0 Å². The number of nitrogens with zero attached hydrogens (tertiary/aromatic N) is 2. The highest BCUT2D eigenvalue weighted by molar-refractivity contribution is 7.99. The van der Waals surface area contributed by atoms with Crippen LogP contribution in [0.25, 0.3) is 0 Å². The van der Waals surface area contributed by atoms with E-state index in [1.165, 1.54) is 36.5 Å². The number of aromatic nitrogens is 2. The van der Waals surface area contributed by atoms with Crippen molar-refractivity contribution >= 4 is 23.4 Å². The second-order valence-corrected chi connectivity index (χ2v) is 7.45. The molecule has 1 N–H and O–H groups in total. The zero-order valence-electron chi connectivity index (χ0n) is 12.7. The molecule has 5 heteroatoms. The molecule has 1 unspecified atom stereocenters. The van der Waals surface area contributed by atoms with Crippen LogP contribution >= 0.6 is 23.4 Å². The lowest BCUT2D eigenvalue weighted by Crippen LogP contribution is -2.28. The van der Waals surface area contributed by atoms with Crippen molar-refractivity contribution in [3.05, 3.63) is 16.9 Å². The predicted molar refractivity (Wildman–Crippen MR) is 88.7 cm³/mol. The molecule has 0 amide bonds. The summed E-state index contributed by atoms with van der Waals surface area (Å²) in [6.45, 7) is 7.44. The van der Waals surface area contributed by atoms with E-state index in [0.717, 1.165) is 17.5 Å². The van der Waals surface area contributed by atoms with Gasteiger partial charge in [0.1, 0.15) is 0 Å². The van der Waals surface area contributed by atoms with Crippen molar-refractivity contribution in [1.82, 2.24) is 15.1 Å². The van der Waals surface area contributed by atoms with E-state index in [0.29, 0.717) is 12.1 Å². The molecule has 0 spiro atoms. The van der Waals surface area contributed by atoms with Gasteiger partial charge in [-0.15, -0.1) is 0 Å². The number of nitrogens with one attached hydrogen (secondary N) is 1. The van der Waals surface area contributed by atoms with Gasteiger partial charge in [-0.25, -0.2) is 0 Å². The second-order valence-electron chi connectivity index (χ2n) is 5.82. The van der Waals surface area contributed by atoms with Gasteiger partial charge < -0.3 is 5.32 Å². The van der Waals surface area contributed by atoms with Gasteiger partial charge in [0.2, 0.25) is 0 Å². The van der Waals surface area contributed by atoms with Crippen LogP contribution in [0, 0.1) is 5.92 Å². The monoisotopic (exact) mass is 315 g/mol. The number of halogens is 1. The van der Waals surface area contributed by atoms with Gasteiger partial charge in [-0.2, -0.15) is 16.9 Å². The lowest BCUT2D eigenvalue weighted by molar-refractivity contribution is 0.352. The molecule has 2 heterocycles. The Morgan fingerprint density at radius 1 is 1.45 bits per heavy atom. The van der Waals surface area contributed by atoms with Crippen LogP contribution in [-0.2, 0) is 0 Å². The molecule has 114 valence electrons. The number of hydrogen-bond donors (Lipinski definition) is 1. The van der Waals surface area contributed by atoms with Gasteiger partial charge in [0.05, 0.1) is 23.0 Å². The zero-order chi connectivity index (χ0) is 14.5. The topological polar surface area (TPSA) is 29.9 Å². The van der Waals surface area contributed by atoms with Crippen molar-refractivity contribution in [3.8, 4) is 0 Å². The molecular weight excluding hydrogens is 290 g/mol. The van der Waals surface area contributed by atoms with Gasteiger partial charge in [0.25, 0.3) is 0 Å². The van der Waals surface area contributed by atoms with E-state index in [4.69, 9.17) is 11.6 Å². The van der Waals surface area contributed by atoms with E-state index in [9.17, 15) is 0 Å². The minimum Gasteiger partial charge on any atom is -0.309 e. The minimum atomic E-state index is 0.325. The molecule has 1 atom stereocenters. The van der Waals surface area contributed by atoms with Gasteiger partial charge in [-0.3, -0.25) is 4.68 Å². The van der Waals surface area contributed by atoms with Crippen LogP contribution in [0.5, 0.6) is 0 Å². The molecule has 2 rings (SSSR count). The Labute approximate surface area is 131 Å². The fourth-order valence-corrected chi connectivity index (χ4v) is 4.41. The Morgan fingerprint density at radius 3 is 2.75 bits per heavy atom. The molecule has 1 saturated heterocycles. The van der Waals surface area contributed by atoms with Crippen LogP contribution in [-0.4, -0.2) is 27.8 Å². The van der Waals surface area contributed by atoms with Gasteiger partial charge in [-0.1, -0.05) is 18.5 Å². The van der Waals surface area contributed by atoms with Crippen LogP contribution in [0.3, 0.4) is 0 Å². The first kappa shape index (κ1) is 16.2. The van der Waals surface area contributed by atoms with Crippen molar-refractivity contribution < 1.29 is 0 Å². The quantitative estimate of drug-likeness (QED) is 0.848. The Hall–Kier alpha value is -0.190. The van der Waals surface area contributed by atoms with Crippen LogP contribution < -0.4 is 5.32 Å². The van der Waals surface area contributed by atoms with Crippen molar-refractivity contribution in [2.45, 2.75) is 52.1 Å². The highest BCUT2D eigenvalue weighted by atomic mass is 35.5. The fraction of sp³-hybridized carbons (Fsp3) is 0.800. The molecule has 1 aliphatic rings. The third kappa shape index (κ3) is 3.92. The average Bonchev–Trinajstić information content (AvgIpc) is 2.81. The number of hydrogen-bond acceptors (Lipinski definition) is 3. The van der Waals surface area contributed by atoms with Crippen molar-refractivity contribution in [3.63, 3.8) is 0 Å². The summed E-state index contributed by atoms with van der Waals surface area (Å²) in [5, 5.41) is 8.87. The van der Waals surface area contributed by atoms with Crippen molar-refractivity contribution in [1.29, 1.82) is 0 Å². The van der Waals surface area contributed by atoms with E-state index < -0.39 is 0 Å². The Morgan fingerprint density at radius 2 is 2.15 bits per heavy atom. The first-order chi connectivity index (χ1) is 9.63. The first-order valence-corrected chi connectivity index (χ1v) is 9.20. The minimum absolute atomic E-state index is 0.325. The van der Waals surface area contributed by atoms with Crippen molar-refractivity contribution in [2.24, 2.45) is 5.92 Å². The molecule has 0 aromatic carbocycles. The number of rotatable bonds is 6. The zero-order valence-corrected chi connectivity index (χ0v) is 14.3. The Balaban J connectivity index is 2.16. The number of thioether (sulfide) groups is 1. The maximum absolute atomic E-state index is 6.41. The lowest BCUT2D eigenvalue weighted by atomic mass is 9.92. The SMILES string of the molecule is CCNC(CC1CCSCC1)c1c(Cl)cnn1C(C)C. The Bertz CT molecular complexity index is 413. The summed E-state index contributed by atoms with van der Waals surface area (Å²) in [5.41, 5.74) is 1.17. The second kappa shape index (κ2) is 7.71. The van der Waals surface area contributed by atoms with Gasteiger partial charge in [-0.05, 0) is 57.1 Å². The molecule has 1 aromatic heterocycles. The maximum atomic E-state index is 6.41. The highest BCUT2D eigenvalue weighted by Gasteiger charge is 2.25. The summed E-state index contributed by atoms with van der Waals surface area (Å²) in [6, 6.07) is 0.672. The molecule has 0 radical (unpaired) electrons. The molecule has 1 aromatic rings. The standard InChI is InChI=1S/C15H26ClN3S/c1-4-17-14(9-12-5-7-20-8-6-12)15-13(16)10-18-19(15)11(2)3/h10-12,14,17H,4-9H2,1-3H3. The van der Waals surface area contributed by atoms with Crippen LogP contribution in [0.15, 0.2) is 6.20 Å². The molecule has 20 heavy (non-hydrogen) atoms. The van der Waals surface area contributed by atoms with E-state index in [-0.39, 0.29) is 0 Å². The summed E-state index contributed by atoms with van der Waals surface area (Å²) < 4.78 is 2.08. The molecule has 0 saturated carbocycles. The van der Waals surface area contributed by atoms with Gasteiger partial charge in [0, 0.05) is 6.04 Å². The van der Waals surface area contributed by atoms with Crippen LogP contribution in [0.2, 0.25) is 5.02 Å². The van der Waals surface area contributed by atoms with E-state index in [1.54, 1.807) is 6.20 Å². The normalized spacial score (nSPS) is 18.6. The van der Waals surface area contributed by atoms with Crippen LogP contribution in [0.1, 0.15) is 57.8 Å². The molecular formula is C15H26ClN3S. The third-order valence-electron chi connectivity index (χ3n) is 3.97. The highest BCUT2D eigenvalue weighted by Crippen LogP contribution is 2.34. The van der Waals surface area contributed by atoms with E-state index in [2.05, 4.69) is 47.6 Å². The third-order valence-corrected chi connectivity index (χ3v) is 5.31. The molecule has 3 nitrogen and oxygen atoms in total. The predicted octanol–water partition coefficient (Wildman–Crippen LogP) is 4.30. The first-order valence-electron chi connectivity index (χ1n) is 7.67. The fourth-order valence-electron chi connectivity index (χ4n) is 2.94. The summed E-state index contributed by atoms with van der Waals surface area (Å²) >= 11 is 8.49. The summed E-state index contributed by atoms with van der Waals surface area (Å²) in [5.74, 6) is 3.42. The summed E-state index contributed by atoms with van der Waals surface area (Å²) in [7, 11) is 0. The molecule has 0 aliphatic carbocycles. The van der Waals surface area contributed by atoms with Crippen molar-refractivity contribution in [2.75, 3.05) is 18.1 Å². The smallest absolute Gasteiger partial charge is 0.0834 e. The Kier molecular flexibility index (Phi) is 6.24. The summed E-state index contributed by atoms with van der Waals surface area (Å²) in [6.07, 6.45) is 5.63. The molecule has 1 aliphatic heterocycles. The van der Waals surface area contributed by atoms with Gasteiger partial charge >= 0.3 is 0 Å². The molecule has 1 fully saturated rings.